The standard InChI is InChI=1S/C15H22ClN3O.2ClH/c1-12(17)2-7-15(20)19-10-8-18(9-11-19)14-5-3-13(16)4-6-14;;/h3-6,12H,2,7-11,17H2,1H3;2*1H. The van der Waals surface area contributed by atoms with Gasteiger partial charge in [-0.05, 0) is 37.6 Å². The van der Waals surface area contributed by atoms with Gasteiger partial charge in [-0.15, -0.1) is 24.8 Å². The molecule has 1 aromatic rings. The molecule has 0 saturated carbocycles. The molecular weight excluding hydrogens is 345 g/mol. The lowest BCUT2D eigenvalue weighted by atomic mass is 10.1. The molecule has 1 unspecified atom stereocenters. The van der Waals surface area contributed by atoms with E-state index < -0.39 is 0 Å². The number of hydrogen-bond acceptors (Lipinski definition) is 3. The second-order valence-electron chi connectivity index (χ2n) is 5.36. The Labute approximate surface area is 149 Å². The third kappa shape index (κ3) is 6.21. The second kappa shape index (κ2) is 10.2. The largest absolute Gasteiger partial charge is 0.368 e. The number of nitrogens with zero attached hydrogens (tertiary/aromatic N) is 2. The lowest BCUT2D eigenvalue weighted by Crippen LogP contribution is -2.48. The maximum Gasteiger partial charge on any atom is 0.222 e. The van der Waals surface area contributed by atoms with Crippen molar-refractivity contribution in [2.45, 2.75) is 25.8 Å². The minimum absolute atomic E-state index is 0. The molecule has 1 aromatic carbocycles. The summed E-state index contributed by atoms with van der Waals surface area (Å²) >= 11 is 5.89. The van der Waals surface area contributed by atoms with Gasteiger partial charge in [-0.25, -0.2) is 0 Å². The topological polar surface area (TPSA) is 49.6 Å². The molecule has 1 amide bonds. The van der Waals surface area contributed by atoms with Crippen molar-refractivity contribution < 1.29 is 4.79 Å². The van der Waals surface area contributed by atoms with E-state index in [4.69, 9.17) is 17.3 Å². The molecule has 0 radical (unpaired) electrons. The Morgan fingerprint density at radius 2 is 1.73 bits per heavy atom. The molecule has 1 aliphatic heterocycles. The fourth-order valence-electron chi connectivity index (χ4n) is 2.38. The summed E-state index contributed by atoms with van der Waals surface area (Å²) in [5.41, 5.74) is 6.85. The molecule has 2 N–H and O–H groups in total. The van der Waals surface area contributed by atoms with Gasteiger partial charge in [-0.3, -0.25) is 4.79 Å². The van der Waals surface area contributed by atoms with E-state index in [2.05, 4.69) is 4.90 Å². The molecule has 1 heterocycles. The summed E-state index contributed by atoms with van der Waals surface area (Å²) in [5, 5.41) is 0.749. The van der Waals surface area contributed by atoms with Crippen LogP contribution in [0.5, 0.6) is 0 Å². The van der Waals surface area contributed by atoms with Crippen molar-refractivity contribution in [1.29, 1.82) is 0 Å². The van der Waals surface area contributed by atoms with Crippen molar-refractivity contribution in [3.63, 3.8) is 0 Å². The molecule has 1 atom stereocenters. The number of rotatable bonds is 4. The van der Waals surface area contributed by atoms with E-state index in [0.717, 1.165) is 43.3 Å². The van der Waals surface area contributed by atoms with Gasteiger partial charge in [0.15, 0.2) is 0 Å². The number of nitrogens with two attached hydrogens (primary N) is 1. The van der Waals surface area contributed by atoms with Crippen molar-refractivity contribution in [3.05, 3.63) is 29.3 Å². The number of hydrogen-bond donors (Lipinski definition) is 1. The molecular formula is C15H24Cl3N3O. The summed E-state index contributed by atoms with van der Waals surface area (Å²) in [4.78, 5) is 16.2. The third-order valence-electron chi connectivity index (χ3n) is 3.64. The lowest BCUT2D eigenvalue weighted by Gasteiger charge is -2.36. The number of piperazine rings is 1. The van der Waals surface area contributed by atoms with Crippen LogP contribution in [0, 0.1) is 0 Å². The first kappa shape index (κ1) is 21.3. The predicted molar refractivity (Wildman–Crippen MR) is 97.6 cm³/mol. The number of benzene rings is 1. The molecule has 1 saturated heterocycles. The summed E-state index contributed by atoms with van der Waals surface area (Å²) in [7, 11) is 0. The average molecular weight is 369 g/mol. The van der Waals surface area contributed by atoms with Crippen LogP contribution in [0.4, 0.5) is 5.69 Å². The molecule has 0 aromatic heterocycles. The molecule has 4 nitrogen and oxygen atoms in total. The van der Waals surface area contributed by atoms with Crippen LogP contribution in [-0.4, -0.2) is 43.0 Å². The van der Waals surface area contributed by atoms with E-state index in [1.807, 2.05) is 36.1 Å². The van der Waals surface area contributed by atoms with E-state index in [-0.39, 0.29) is 36.8 Å². The van der Waals surface area contributed by atoms with Crippen LogP contribution in [0.15, 0.2) is 24.3 Å². The Morgan fingerprint density at radius 1 is 1.18 bits per heavy atom. The Kier molecular flexibility index (Phi) is 9.85. The fraction of sp³-hybridized carbons (Fsp3) is 0.533. The Balaban J connectivity index is 0.00000220. The summed E-state index contributed by atoms with van der Waals surface area (Å²) in [6.45, 7) is 5.23. The van der Waals surface area contributed by atoms with Gasteiger partial charge in [0, 0.05) is 49.4 Å². The first-order valence-electron chi connectivity index (χ1n) is 7.10. The van der Waals surface area contributed by atoms with Crippen LogP contribution >= 0.6 is 36.4 Å². The quantitative estimate of drug-likeness (QED) is 0.889. The lowest BCUT2D eigenvalue weighted by molar-refractivity contribution is -0.131. The smallest absolute Gasteiger partial charge is 0.222 e. The molecule has 0 spiro atoms. The van der Waals surface area contributed by atoms with E-state index in [1.165, 1.54) is 0 Å². The maximum absolute atomic E-state index is 12.0. The van der Waals surface area contributed by atoms with Crippen molar-refractivity contribution >= 4 is 48.0 Å². The van der Waals surface area contributed by atoms with Crippen LogP contribution in [0.2, 0.25) is 5.02 Å². The molecule has 1 aliphatic rings. The monoisotopic (exact) mass is 367 g/mol. The van der Waals surface area contributed by atoms with Crippen molar-refractivity contribution in [2.24, 2.45) is 5.73 Å². The Morgan fingerprint density at radius 3 is 2.23 bits per heavy atom. The van der Waals surface area contributed by atoms with E-state index >= 15 is 0 Å². The minimum atomic E-state index is 0. The first-order valence-corrected chi connectivity index (χ1v) is 7.48. The molecule has 22 heavy (non-hydrogen) atoms. The number of amides is 1. The van der Waals surface area contributed by atoms with Crippen molar-refractivity contribution in [3.8, 4) is 0 Å². The van der Waals surface area contributed by atoms with Crippen molar-refractivity contribution in [1.82, 2.24) is 4.90 Å². The number of carbonyl (C=O) groups excluding carboxylic acids is 1. The Bertz CT molecular complexity index is 446. The van der Waals surface area contributed by atoms with Gasteiger partial charge in [0.2, 0.25) is 5.91 Å². The van der Waals surface area contributed by atoms with Gasteiger partial charge < -0.3 is 15.5 Å². The highest BCUT2D eigenvalue weighted by atomic mass is 35.5. The molecule has 1 fully saturated rings. The van der Waals surface area contributed by atoms with Crippen LogP contribution in [0.3, 0.4) is 0 Å². The van der Waals surface area contributed by atoms with E-state index in [0.29, 0.717) is 6.42 Å². The normalized spacial score (nSPS) is 15.6. The highest BCUT2D eigenvalue weighted by Crippen LogP contribution is 2.19. The first-order chi connectivity index (χ1) is 9.56. The summed E-state index contributed by atoms with van der Waals surface area (Å²) in [5.74, 6) is 0.220. The van der Waals surface area contributed by atoms with Crippen LogP contribution < -0.4 is 10.6 Å². The zero-order valence-corrected chi connectivity index (χ0v) is 15.1. The van der Waals surface area contributed by atoms with Crippen LogP contribution in [0.25, 0.3) is 0 Å². The van der Waals surface area contributed by atoms with Gasteiger partial charge in [-0.2, -0.15) is 0 Å². The van der Waals surface area contributed by atoms with Gasteiger partial charge in [0.05, 0.1) is 0 Å². The molecule has 0 aliphatic carbocycles. The van der Waals surface area contributed by atoms with Crippen molar-refractivity contribution in [2.75, 3.05) is 31.1 Å². The molecule has 126 valence electrons. The molecule has 2 rings (SSSR count). The highest BCUT2D eigenvalue weighted by Gasteiger charge is 2.21. The summed E-state index contributed by atoms with van der Waals surface area (Å²) in [6.07, 6.45) is 1.31. The van der Waals surface area contributed by atoms with Gasteiger partial charge in [-0.1, -0.05) is 11.6 Å². The van der Waals surface area contributed by atoms with Gasteiger partial charge >= 0.3 is 0 Å². The third-order valence-corrected chi connectivity index (χ3v) is 3.89. The fourth-order valence-corrected chi connectivity index (χ4v) is 2.50. The zero-order chi connectivity index (χ0) is 14.5. The number of anilines is 1. The summed E-state index contributed by atoms with van der Waals surface area (Å²) < 4.78 is 0. The number of halogens is 3. The maximum atomic E-state index is 12.0. The second-order valence-corrected chi connectivity index (χ2v) is 5.80. The van der Waals surface area contributed by atoms with Crippen LogP contribution in [-0.2, 0) is 4.79 Å². The SMILES string of the molecule is CC(N)CCC(=O)N1CCN(c2ccc(Cl)cc2)CC1.Cl.Cl. The highest BCUT2D eigenvalue weighted by molar-refractivity contribution is 6.30. The summed E-state index contributed by atoms with van der Waals surface area (Å²) in [6, 6.07) is 7.94. The van der Waals surface area contributed by atoms with Gasteiger partial charge in [0.25, 0.3) is 0 Å². The average Bonchev–Trinajstić information content (AvgIpc) is 2.46. The zero-order valence-electron chi connectivity index (χ0n) is 12.7. The predicted octanol–water partition coefficient (Wildman–Crippen LogP) is 2.96. The Hall–Kier alpha value is -0.680. The molecule has 7 heteroatoms. The van der Waals surface area contributed by atoms with E-state index in [1.54, 1.807) is 0 Å². The minimum Gasteiger partial charge on any atom is -0.368 e. The van der Waals surface area contributed by atoms with Crippen LogP contribution in [0.1, 0.15) is 19.8 Å². The molecule has 0 bridgehead atoms. The van der Waals surface area contributed by atoms with Gasteiger partial charge in [0.1, 0.15) is 0 Å². The number of carbonyl (C=O) groups is 1. The van der Waals surface area contributed by atoms with E-state index in [9.17, 15) is 4.79 Å².